The van der Waals surface area contributed by atoms with Gasteiger partial charge in [0.15, 0.2) is 0 Å². The van der Waals surface area contributed by atoms with Crippen LogP contribution in [0, 0.1) is 11.8 Å². The van der Waals surface area contributed by atoms with Crippen LogP contribution in [-0.4, -0.2) is 19.0 Å². The van der Waals surface area contributed by atoms with E-state index in [9.17, 15) is 8.78 Å². The van der Waals surface area contributed by atoms with Gasteiger partial charge in [-0.05, 0) is 31.1 Å². The van der Waals surface area contributed by atoms with E-state index in [1.165, 1.54) is 19.3 Å². The first kappa shape index (κ1) is 12.9. The van der Waals surface area contributed by atoms with Crippen molar-refractivity contribution >= 4 is 0 Å². The highest BCUT2D eigenvalue weighted by Crippen LogP contribution is 2.28. The summed E-state index contributed by atoms with van der Waals surface area (Å²) in [5.41, 5.74) is 0. The van der Waals surface area contributed by atoms with E-state index in [1.54, 1.807) is 0 Å². The SMILES string of the molecule is CC(C)C1CCCC(NCC(F)F)CC1. The molecule has 0 radical (unpaired) electrons. The third-order valence-corrected chi connectivity index (χ3v) is 3.52. The number of alkyl halides is 2. The van der Waals surface area contributed by atoms with Crippen molar-refractivity contribution in [2.24, 2.45) is 11.8 Å². The van der Waals surface area contributed by atoms with Gasteiger partial charge in [0.2, 0.25) is 0 Å². The summed E-state index contributed by atoms with van der Waals surface area (Å²) in [6.45, 7) is 4.38. The average Bonchev–Trinajstić information content (AvgIpc) is 2.39. The molecule has 0 aromatic heterocycles. The quantitative estimate of drug-likeness (QED) is 0.714. The van der Waals surface area contributed by atoms with Crippen molar-refractivity contribution in [3.63, 3.8) is 0 Å². The Hall–Kier alpha value is -0.180. The van der Waals surface area contributed by atoms with Gasteiger partial charge in [-0.1, -0.05) is 26.7 Å². The Morgan fingerprint density at radius 2 is 1.87 bits per heavy atom. The zero-order valence-electron chi connectivity index (χ0n) is 9.81. The molecule has 0 bridgehead atoms. The van der Waals surface area contributed by atoms with Crippen molar-refractivity contribution in [1.82, 2.24) is 5.32 Å². The van der Waals surface area contributed by atoms with E-state index in [1.807, 2.05) is 0 Å². The Bertz CT molecular complexity index is 171. The van der Waals surface area contributed by atoms with Gasteiger partial charge in [-0.2, -0.15) is 0 Å². The Morgan fingerprint density at radius 1 is 1.13 bits per heavy atom. The lowest BCUT2D eigenvalue weighted by atomic mass is 9.89. The van der Waals surface area contributed by atoms with Crippen LogP contribution in [0.25, 0.3) is 0 Å². The molecular formula is C12H23F2N. The average molecular weight is 219 g/mol. The summed E-state index contributed by atoms with van der Waals surface area (Å²) in [4.78, 5) is 0. The predicted octanol–water partition coefficient (Wildman–Crippen LogP) is 3.45. The van der Waals surface area contributed by atoms with Gasteiger partial charge in [-0.3, -0.25) is 0 Å². The lowest BCUT2D eigenvalue weighted by Gasteiger charge is -2.19. The van der Waals surface area contributed by atoms with E-state index in [2.05, 4.69) is 19.2 Å². The largest absolute Gasteiger partial charge is 0.309 e. The van der Waals surface area contributed by atoms with Crippen LogP contribution in [-0.2, 0) is 0 Å². The van der Waals surface area contributed by atoms with E-state index in [0.29, 0.717) is 6.04 Å². The first-order valence-electron chi connectivity index (χ1n) is 6.11. The molecule has 1 rings (SSSR count). The molecule has 90 valence electrons. The molecule has 1 nitrogen and oxygen atoms in total. The highest BCUT2D eigenvalue weighted by molar-refractivity contribution is 4.76. The molecule has 0 aliphatic heterocycles. The minimum absolute atomic E-state index is 0.142. The zero-order valence-corrected chi connectivity index (χ0v) is 9.81. The number of hydrogen-bond acceptors (Lipinski definition) is 1. The second-order valence-corrected chi connectivity index (χ2v) is 5.01. The van der Waals surface area contributed by atoms with Gasteiger partial charge in [0, 0.05) is 6.04 Å². The second-order valence-electron chi connectivity index (χ2n) is 5.01. The Kier molecular flexibility index (Phi) is 5.51. The summed E-state index contributed by atoms with van der Waals surface area (Å²) in [6.07, 6.45) is 3.56. The molecule has 0 spiro atoms. The number of halogens is 2. The van der Waals surface area contributed by atoms with Gasteiger partial charge in [-0.15, -0.1) is 0 Å². The summed E-state index contributed by atoms with van der Waals surface area (Å²) >= 11 is 0. The summed E-state index contributed by atoms with van der Waals surface area (Å²) in [5, 5.41) is 2.97. The maximum atomic E-state index is 12.0. The normalized spacial score (nSPS) is 28.4. The van der Waals surface area contributed by atoms with Gasteiger partial charge in [-0.25, -0.2) is 8.78 Å². The number of hydrogen-bond donors (Lipinski definition) is 1. The van der Waals surface area contributed by atoms with Crippen LogP contribution in [0.1, 0.15) is 46.0 Å². The highest BCUT2D eigenvalue weighted by atomic mass is 19.3. The molecule has 1 N–H and O–H groups in total. The highest BCUT2D eigenvalue weighted by Gasteiger charge is 2.21. The van der Waals surface area contributed by atoms with Gasteiger partial charge >= 0.3 is 0 Å². The molecule has 0 aromatic rings. The van der Waals surface area contributed by atoms with Crippen molar-refractivity contribution in [3.8, 4) is 0 Å². The smallest absolute Gasteiger partial charge is 0.250 e. The second kappa shape index (κ2) is 6.41. The van der Waals surface area contributed by atoms with Crippen LogP contribution in [0.4, 0.5) is 8.78 Å². The lowest BCUT2D eigenvalue weighted by Crippen LogP contribution is -2.32. The summed E-state index contributed by atoms with van der Waals surface area (Å²) in [7, 11) is 0. The van der Waals surface area contributed by atoms with E-state index in [4.69, 9.17) is 0 Å². The summed E-state index contributed by atoms with van der Waals surface area (Å²) in [6, 6.07) is 0.322. The molecular weight excluding hydrogens is 196 g/mol. The predicted molar refractivity (Wildman–Crippen MR) is 59.2 cm³/mol. The molecule has 1 fully saturated rings. The Balaban J connectivity index is 2.26. The maximum Gasteiger partial charge on any atom is 0.250 e. The fraction of sp³-hybridized carbons (Fsp3) is 1.00. The van der Waals surface area contributed by atoms with Gasteiger partial charge in [0.1, 0.15) is 0 Å². The minimum Gasteiger partial charge on any atom is -0.309 e. The van der Waals surface area contributed by atoms with E-state index in [-0.39, 0.29) is 6.54 Å². The van der Waals surface area contributed by atoms with Gasteiger partial charge in [0.05, 0.1) is 6.54 Å². The summed E-state index contributed by atoms with van der Waals surface area (Å²) in [5.74, 6) is 1.53. The van der Waals surface area contributed by atoms with Crippen LogP contribution in [0.15, 0.2) is 0 Å². The van der Waals surface area contributed by atoms with Crippen molar-refractivity contribution in [2.45, 2.75) is 58.4 Å². The maximum absolute atomic E-state index is 12.0. The number of rotatable bonds is 4. The minimum atomic E-state index is -2.21. The van der Waals surface area contributed by atoms with Crippen molar-refractivity contribution < 1.29 is 8.78 Å². The van der Waals surface area contributed by atoms with Crippen molar-refractivity contribution in [2.75, 3.05) is 6.54 Å². The Labute approximate surface area is 91.6 Å². The first-order valence-corrected chi connectivity index (χ1v) is 6.11. The lowest BCUT2D eigenvalue weighted by molar-refractivity contribution is 0.140. The molecule has 0 saturated heterocycles. The van der Waals surface area contributed by atoms with Crippen molar-refractivity contribution in [3.05, 3.63) is 0 Å². The molecule has 0 aromatic carbocycles. The topological polar surface area (TPSA) is 12.0 Å². The monoisotopic (exact) mass is 219 g/mol. The fourth-order valence-corrected chi connectivity index (χ4v) is 2.46. The third kappa shape index (κ3) is 4.92. The molecule has 1 saturated carbocycles. The summed E-state index contributed by atoms with van der Waals surface area (Å²) < 4.78 is 24.1. The molecule has 15 heavy (non-hydrogen) atoms. The van der Waals surface area contributed by atoms with E-state index in [0.717, 1.165) is 24.7 Å². The van der Waals surface area contributed by atoms with Crippen LogP contribution in [0.2, 0.25) is 0 Å². The van der Waals surface area contributed by atoms with E-state index < -0.39 is 6.43 Å². The third-order valence-electron chi connectivity index (χ3n) is 3.52. The molecule has 0 heterocycles. The molecule has 1 aliphatic carbocycles. The van der Waals surface area contributed by atoms with E-state index >= 15 is 0 Å². The molecule has 1 aliphatic rings. The molecule has 2 atom stereocenters. The van der Waals surface area contributed by atoms with Crippen LogP contribution in [0.3, 0.4) is 0 Å². The molecule has 3 heteroatoms. The van der Waals surface area contributed by atoms with Crippen LogP contribution in [0.5, 0.6) is 0 Å². The molecule has 2 unspecified atom stereocenters. The van der Waals surface area contributed by atoms with Gasteiger partial charge < -0.3 is 5.32 Å². The van der Waals surface area contributed by atoms with Gasteiger partial charge in [0.25, 0.3) is 6.43 Å². The standard InChI is InChI=1S/C12H23F2N/c1-9(2)10-4-3-5-11(7-6-10)15-8-12(13)14/h9-12,15H,3-8H2,1-2H3. The van der Waals surface area contributed by atoms with Crippen molar-refractivity contribution in [1.29, 1.82) is 0 Å². The first-order chi connectivity index (χ1) is 7.09. The number of nitrogens with one attached hydrogen (secondary N) is 1. The zero-order chi connectivity index (χ0) is 11.3. The Morgan fingerprint density at radius 3 is 2.47 bits per heavy atom. The van der Waals surface area contributed by atoms with Crippen LogP contribution >= 0.6 is 0 Å². The molecule has 0 amide bonds. The fourth-order valence-electron chi connectivity index (χ4n) is 2.46. The van der Waals surface area contributed by atoms with Crippen LogP contribution < -0.4 is 5.32 Å².